The lowest BCUT2D eigenvalue weighted by Gasteiger charge is -2.32. The molecule has 6 N–H and O–H groups in total. The highest BCUT2D eigenvalue weighted by molar-refractivity contribution is 5.95. The highest BCUT2D eigenvalue weighted by atomic mass is 16.2. The lowest BCUT2D eigenvalue weighted by Crippen LogP contribution is -2.56. The van der Waals surface area contributed by atoms with Crippen molar-refractivity contribution in [1.82, 2.24) is 41.7 Å². The zero-order valence-electron chi connectivity index (χ0n) is 37.1. The minimum absolute atomic E-state index is 0.124. The van der Waals surface area contributed by atoms with Crippen LogP contribution in [-0.2, 0) is 48.0 Å². The van der Waals surface area contributed by atoms with Gasteiger partial charge in [-0.15, -0.1) is 0 Å². The molecule has 4 aliphatic rings. The molecule has 0 unspecified atom stereocenters. The molecule has 7 rings (SSSR count). The third-order valence-corrected chi connectivity index (χ3v) is 13.6. The summed E-state index contributed by atoms with van der Waals surface area (Å²) >= 11 is 0. The Balaban J connectivity index is 1.08. The highest BCUT2D eigenvalue weighted by Gasteiger charge is 2.41. The average molecular weight is 861 g/mol. The topological polar surface area (TPSA) is 181 Å². The van der Waals surface area contributed by atoms with Crippen molar-refractivity contribution in [2.24, 2.45) is 0 Å². The van der Waals surface area contributed by atoms with Crippen LogP contribution in [0.2, 0.25) is 0 Å². The van der Waals surface area contributed by atoms with E-state index >= 15 is 0 Å². The fourth-order valence-corrected chi connectivity index (χ4v) is 9.71. The molecule has 2 fully saturated rings. The SMILES string of the molecule is CN[C@@H](C)C(=O)N[C@@H](Cc1ccc([C@H](NC(=O)[C@H](C)NC)C(=O)N2CCC[C@H]2C(=O)N[C@@H]2CCCc3ccccc32)cc1)C(=O)N1CCC[C@H]1C(=O)N[C@@H]1CCCc2ccccc21. The van der Waals surface area contributed by atoms with Crippen molar-refractivity contribution in [3.05, 3.63) is 106 Å². The Hall–Kier alpha value is -5.60. The summed E-state index contributed by atoms with van der Waals surface area (Å²) in [5.74, 6) is -1.83. The van der Waals surface area contributed by atoms with E-state index in [0.717, 1.165) is 49.7 Å². The molecule has 0 spiro atoms. The summed E-state index contributed by atoms with van der Waals surface area (Å²) in [6.45, 7) is 4.19. The van der Waals surface area contributed by atoms with Crippen LogP contribution in [0.5, 0.6) is 0 Å². The van der Waals surface area contributed by atoms with Crippen LogP contribution in [0.1, 0.15) is 117 Å². The van der Waals surface area contributed by atoms with E-state index in [-0.39, 0.29) is 53.9 Å². The van der Waals surface area contributed by atoms with E-state index in [1.807, 2.05) is 24.3 Å². The fraction of sp³-hybridized carbons (Fsp3) is 0.510. The summed E-state index contributed by atoms with van der Waals surface area (Å²) in [4.78, 5) is 86.7. The molecule has 6 amide bonds. The third kappa shape index (κ3) is 10.4. The molecule has 0 aromatic heterocycles. The van der Waals surface area contributed by atoms with Crippen molar-refractivity contribution in [3.63, 3.8) is 0 Å². The summed E-state index contributed by atoms with van der Waals surface area (Å²) in [6.07, 6.45) is 8.00. The predicted molar refractivity (Wildman–Crippen MR) is 240 cm³/mol. The van der Waals surface area contributed by atoms with Crippen LogP contribution in [-0.4, -0.2) is 103 Å². The molecule has 336 valence electrons. The fourth-order valence-electron chi connectivity index (χ4n) is 9.71. The summed E-state index contributed by atoms with van der Waals surface area (Å²) < 4.78 is 0. The second-order valence-electron chi connectivity index (χ2n) is 17.7. The standard InChI is InChI=1S/C49H64N8O6/c1-30(50-3)44(58)54-40(48(62)56-27-11-21-41(56)46(60)52-38-19-9-15-33-13-5-7-17-36(33)38)29-32-23-25-35(26-24-32)43(55-45(59)31(2)51-4)49(63)57-28-12-22-42(57)47(61)53-39-20-10-16-34-14-6-8-18-37(34)39/h5-8,13-14,17-18,23-26,30-31,38-43,50-51H,9-12,15-16,19-22,27-29H2,1-4H3,(H,52,60)(H,53,61)(H,54,58)(H,55,59)/t30-,31-,38+,39+,40-,41-,42-,43-/m0/s1. The second-order valence-corrected chi connectivity index (χ2v) is 17.7. The summed E-state index contributed by atoms with van der Waals surface area (Å²) in [7, 11) is 3.34. The Bertz CT molecular complexity index is 2150. The van der Waals surface area contributed by atoms with Gasteiger partial charge in [-0.05, 0) is 126 Å². The van der Waals surface area contributed by atoms with Gasteiger partial charge >= 0.3 is 0 Å². The number of benzene rings is 3. The summed E-state index contributed by atoms with van der Waals surface area (Å²) in [5, 5.41) is 18.2. The maximum atomic E-state index is 14.6. The third-order valence-electron chi connectivity index (χ3n) is 13.6. The predicted octanol–water partition coefficient (Wildman–Crippen LogP) is 3.46. The largest absolute Gasteiger partial charge is 0.347 e. The van der Waals surface area contributed by atoms with E-state index in [0.29, 0.717) is 49.9 Å². The van der Waals surface area contributed by atoms with Gasteiger partial charge in [0.05, 0.1) is 24.2 Å². The molecule has 2 saturated heterocycles. The number of likely N-dealkylation sites (N-methyl/N-ethyl adjacent to an activating group) is 2. The Morgan fingerprint density at radius 3 is 1.57 bits per heavy atom. The molecule has 3 aromatic carbocycles. The monoisotopic (exact) mass is 860 g/mol. The van der Waals surface area contributed by atoms with Crippen molar-refractivity contribution >= 4 is 35.4 Å². The minimum Gasteiger partial charge on any atom is -0.347 e. The quantitative estimate of drug-likeness (QED) is 0.135. The maximum Gasteiger partial charge on any atom is 0.250 e. The zero-order chi connectivity index (χ0) is 44.6. The van der Waals surface area contributed by atoms with Crippen LogP contribution in [0, 0.1) is 0 Å². The van der Waals surface area contributed by atoms with E-state index in [1.165, 1.54) is 11.1 Å². The van der Waals surface area contributed by atoms with Gasteiger partial charge in [0.2, 0.25) is 35.4 Å². The molecule has 63 heavy (non-hydrogen) atoms. The number of carbonyl (C=O) groups is 6. The lowest BCUT2D eigenvalue weighted by molar-refractivity contribution is -0.142. The minimum atomic E-state index is -1.08. The van der Waals surface area contributed by atoms with Crippen LogP contribution in [0.15, 0.2) is 72.8 Å². The van der Waals surface area contributed by atoms with E-state index in [4.69, 9.17) is 0 Å². The molecule has 14 heteroatoms. The van der Waals surface area contributed by atoms with Crippen LogP contribution < -0.4 is 31.9 Å². The van der Waals surface area contributed by atoms with E-state index in [9.17, 15) is 28.8 Å². The van der Waals surface area contributed by atoms with Gasteiger partial charge in [0, 0.05) is 19.5 Å². The molecule has 0 saturated carbocycles. The number of rotatable bonds is 15. The number of carbonyl (C=O) groups excluding carboxylic acids is 6. The molecule has 2 aliphatic carbocycles. The normalized spacial score (nSPS) is 22.4. The van der Waals surface area contributed by atoms with Crippen LogP contribution in [0.4, 0.5) is 0 Å². The molecule has 0 bridgehead atoms. The number of amides is 6. The maximum absolute atomic E-state index is 14.6. The Morgan fingerprint density at radius 2 is 1.06 bits per heavy atom. The smallest absolute Gasteiger partial charge is 0.250 e. The molecular formula is C49H64N8O6. The number of nitrogens with zero attached hydrogens (tertiary/aromatic N) is 2. The number of nitrogens with one attached hydrogen (secondary N) is 6. The average Bonchev–Trinajstić information content (AvgIpc) is 4.02. The molecule has 8 atom stereocenters. The first kappa shape index (κ1) is 45.4. The summed E-state index contributed by atoms with van der Waals surface area (Å²) in [5.41, 5.74) is 5.93. The Morgan fingerprint density at radius 1 is 0.587 bits per heavy atom. The summed E-state index contributed by atoms with van der Waals surface area (Å²) in [6, 6.07) is 18.6. The number of hydrogen-bond acceptors (Lipinski definition) is 8. The van der Waals surface area contributed by atoms with Gasteiger partial charge in [-0.1, -0.05) is 72.8 Å². The van der Waals surface area contributed by atoms with Crippen molar-refractivity contribution < 1.29 is 28.8 Å². The van der Waals surface area contributed by atoms with Gasteiger partial charge in [0.1, 0.15) is 24.2 Å². The van der Waals surface area contributed by atoms with Gasteiger partial charge in [-0.3, -0.25) is 28.8 Å². The van der Waals surface area contributed by atoms with Crippen LogP contribution in [0.3, 0.4) is 0 Å². The van der Waals surface area contributed by atoms with E-state index in [1.54, 1.807) is 62.0 Å². The van der Waals surface area contributed by atoms with Crippen LogP contribution in [0.25, 0.3) is 0 Å². The van der Waals surface area contributed by atoms with Crippen molar-refractivity contribution in [2.45, 2.75) is 133 Å². The van der Waals surface area contributed by atoms with E-state index in [2.05, 4.69) is 56.2 Å². The molecule has 2 aliphatic heterocycles. The van der Waals surface area contributed by atoms with Crippen LogP contribution >= 0.6 is 0 Å². The van der Waals surface area contributed by atoms with Gasteiger partial charge in [0.25, 0.3) is 0 Å². The second kappa shape index (κ2) is 20.7. The van der Waals surface area contributed by atoms with Crippen molar-refractivity contribution in [1.29, 1.82) is 0 Å². The zero-order valence-corrected chi connectivity index (χ0v) is 37.1. The molecular weight excluding hydrogens is 797 g/mol. The van der Waals surface area contributed by atoms with Gasteiger partial charge < -0.3 is 41.7 Å². The Kier molecular flexibility index (Phi) is 14.9. The number of hydrogen-bond donors (Lipinski definition) is 6. The molecule has 3 aromatic rings. The lowest BCUT2D eigenvalue weighted by atomic mass is 9.87. The molecule has 14 nitrogen and oxygen atoms in total. The molecule has 2 heterocycles. The van der Waals surface area contributed by atoms with Gasteiger partial charge in [-0.25, -0.2) is 0 Å². The number of likely N-dealkylation sites (tertiary alicyclic amines) is 2. The Labute approximate surface area is 371 Å². The van der Waals surface area contributed by atoms with Gasteiger partial charge in [-0.2, -0.15) is 0 Å². The number of fused-ring (bicyclic) bond motifs is 2. The van der Waals surface area contributed by atoms with Crippen molar-refractivity contribution in [2.75, 3.05) is 27.2 Å². The highest BCUT2D eigenvalue weighted by Crippen LogP contribution is 2.33. The first-order chi connectivity index (χ1) is 30.5. The van der Waals surface area contributed by atoms with Crippen molar-refractivity contribution in [3.8, 4) is 0 Å². The number of aryl methyl sites for hydroxylation is 2. The first-order valence-electron chi connectivity index (χ1n) is 22.9. The molecule has 0 radical (unpaired) electrons. The van der Waals surface area contributed by atoms with Gasteiger partial charge in [0.15, 0.2) is 0 Å². The van der Waals surface area contributed by atoms with E-state index < -0.39 is 36.3 Å². The first-order valence-corrected chi connectivity index (χ1v) is 22.9.